The molecule has 0 radical (unpaired) electrons. The maximum Gasteiger partial charge on any atom is 0.276 e. The van der Waals surface area contributed by atoms with E-state index in [1.54, 1.807) is 27.8 Å². The molecule has 1 aliphatic heterocycles. The molecule has 156 valence electrons. The minimum Gasteiger partial charge on any atom is -0.335 e. The Morgan fingerprint density at radius 2 is 1.87 bits per heavy atom. The number of carbonyl (C=O) groups excluding carboxylic acids is 1. The van der Waals surface area contributed by atoms with Crippen LogP contribution in [0.2, 0.25) is 10.0 Å². The average Bonchev–Trinajstić information content (AvgIpc) is 3.11. The number of benzene rings is 2. The molecule has 0 N–H and O–H groups in total. The molecule has 2 aromatic carbocycles. The van der Waals surface area contributed by atoms with E-state index in [0.717, 1.165) is 11.3 Å². The third kappa shape index (κ3) is 4.33. The molecular weight excluding hydrogens is 428 g/mol. The molecule has 30 heavy (non-hydrogen) atoms. The van der Waals surface area contributed by atoms with Crippen molar-refractivity contribution in [1.29, 1.82) is 0 Å². The molecule has 0 bridgehead atoms. The number of carbonyl (C=O) groups is 1. The highest BCUT2D eigenvalue weighted by Crippen LogP contribution is 2.21. The molecular formula is C21H20Cl2FN5O. The van der Waals surface area contributed by atoms with E-state index >= 15 is 0 Å². The van der Waals surface area contributed by atoms with E-state index in [-0.39, 0.29) is 11.7 Å². The molecule has 0 aliphatic carbocycles. The summed E-state index contributed by atoms with van der Waals surface area (Å²) in [6, 6.07) is 11.7. The number of rotatable bonds is 4. The minimum absolute atomic E-state index is 0.139. The highest BCUT2D eigenvalue weighted by atomic mass is 35.5. The summed E-state index contributed by atoms with van der Waals surface area (Å²) in [4.78, 5) is 17.0. The molecule has 3 aromatic rings. The van der Waals surface area contributed by atoms with Crippen LogP contribution in [-0.2, 0) is 6.54 Å². The van der Waals surface area contributed by atoms with Crippen molar-refractivity contribution in [3.63, 3.8) is 0 Å². The van der Waals surface area contributed by atoms with Gasteiger partial charge in [-0.05, 0) is 42.8 Å². The van der Waals surface area contributed by atoms with Gasteiger partial charge in [0.1, 0.15) is 5.82 Å². The Balaban J connectivity index is 1.41. The Bertz CT molecular complexity index is 1080. The van der Waals surface area contributed by atoms with Gasteiger partial charge in [-0.1, -0.05) is 40.5 Å². The van der Waals surface area contributed by atoms with Crippen molar-refractivity contribution in [1.82, 2.24) is 24.8 Å². The fraction of sp³-hybridized carbons (Fsp3) is 0.286. The van der Waals surface area contributed by atoms with E-state index in [9.17, 15) is 9.18 Å². The van der Waals surface area contributed by atoms with Gasteiger partial charge in [0.15, 0.2) is 5.69 Å². The number of aromatic nitrogens is 3. The van der Waals surface area contributed by atoms with Crippen molar-refractivity contribution < 1.29 is 9.18 Å². The monoisotopic (exact) mass is 447 g/mol. The summed E-state index contributed by atoms with van der Waals surface area (Å²) in [5, 5.41) is 9.26. The summed E-state index contributed by atoms with van der Waals surface area (Å²) in [5.74, 6) is -0.486. The van der Waals surface area contributed by atoms with Crippen LogP contribution in [0.5, 0.6) is 0 Å². The van der Waals surface area contributed by atoms with Crippen LogP contribution in [0.4, 0.5) is 4.39 Å². The Labute approximate surface area is 183 Å². The molecule has 1 aromatic heterocycles. The maximum atomic E-state index is 13.2. The molecule has 0 unspecified atom stereocenters. The van der Waals surface area contributed by atoms with Crippen molar-refractivity contribution in [2.45, 2.75) is 13.5 Å². The third-order valence-electron chi connectivity index (χ3n) is 5.22. The molecule has 9 heteroatoms. The van der Waals surface area contributed by atoms with Crippen molar-refractivity contribution >= 4 is 29.1 Å². The second-order valence-electron chi connectivity index (χ2n) is 7.22. The number of piperazine rings is 1. The number of amides is 1. The van der Waals surface area contributed by atoms with E-state index in [1.165, 1.54) is 12.1 Å². The SMILES string of the molecule is Cc1c(C(=O)N2CCN(Cc3ccc(F)cc3Cl)CC2)nnn1-c1cccc(Cl)c1. The maximum absolute atomic E-state index is 13.2. The number of hydrogen-bond donors (Lipinski definition) is 0. The molecule has 1 saturated heterocycles. The summed E-state index contributed by atoms with van der Waals surface area (Å²) < 4.78 is 14.8. The van der Waals surface area contributed by atoms with E-state index in [2.05, 4.69) is 15.2 Å². The average molecular weight is 448 g/mol. The van der Waals surface area contributed by atoms with Gasteiger partial charge >= 0.3 is 0 Å². The molecule has 0 saturated carbocycles. The lowest BCUT2D eigenvalue weighted by Crippen LogP contribution is -2.48. The second-order valence-corrected chi connectivity index (χ2v) is 8.06. The van der Waals surface area contributed by atoms with Crippen LogP contribution >= 0.6 is 23.2 Å². The molecule has 4 rings (SSSR count). The normalized spacial score (nSPS) is 14.9. The zero-order chi connectivity index (χ0) is 21.3. The van der Waals surface area contributed by atoms with Gasteiger partial charge in [0.25, 0.3) is 5.91 Å². The summed E-state index contributed by atoms with van der Waals surface area (Å²) in [7, 11) is 0. The quantitative estimate of drug-likeness (QED) is 0.606. The first-order valence-corrected chi connectivity index (χ1v) is 10.3. The van der Waals surface area contributed by atoms with Crippen LogP contribution in [-0.4, -0.2) is 56.9 Å². The molecule has 1 aliphatic rings. The third-order valence-corrected chi connectivity index (χ3v) is 5.81. The lowest BCUT2D eigenvalue weighted by Gasteiger charge is -2.34. The van der Waals surface area contributed by atoms with Crippen LogP contribution in [0, 0.1) is 12.7 Å². The second kappa shape index (κ2) is 8.71. The van der Waals surface area contributed by atoms with E-state index in [4.69, 9.17) is 23.2 Å². The first kappa shape index (κ1) is 20.8. The molecule has 0 spiro atoms. The first-order valence-electron chi connectivity index (χ1n) is 9.56. The zero-order valence-electron chi connectivity index (χ0n) is 16.4. The van der Waals surface area contributed by atoms with Crippen molar-refractivity contribution in [3.05, 3.63) is 75.3 Å². The Hall–Kier alpha value is -2.48. The number of hydrogen-bond acceptors (Lipinski definition) is 4. The minimum atomic E-state index is -0.347. The molecule has 0 atom stereocenters. The fourth-order valence-corrected chi connectivity index (χ4v) is 3.94. The summed E-state index contributed by atoms with van der Waals surface area (Å²) in [6.07, 6.45) is 0. The van der Waals surface area contributed by atoms with Crippen LogP contribution in [0.1, 0.15) is 21.7 Å². The van der Waals surface area contributed by atoms with Gasteiger partial charge in [0.05, 0.1) is 11.4 Å². The first-order chi connectivity index (χ1) is 14.4. The zero-order valence-corrected chi connectivity index (χ0v) is 17.9. The fourth-order valence-electron chi connectivity index (χ4n) is 3.53. The van der Waals surface area contributed by atoms with Crippen LogP contribution in [0.25, 0.3) is 5.69 Å². The van der Waals surface area contributed by atoms with Gasteiger partial charge in [-0.2, -0.15) is 0 Å². The van der Waals surface area contributed by atoms with E-state index < -0.39 is 0 Å². The summed E-state index contributed by atoms with van der Waals surface area (Å²) in [5.41, 5.74) is 2.64. The Morgan fingerprint density at radius 1 is 1.10 bits per heavy atom. The van der Waals surface area contributed by atoms with Gasteiger partial charge in [-0.25, -0.2) is 9.07 Å². The van der Waals surface area contributed by atoms with Crippen molar-refractivity contribution in [3.8, 4) is 5.69 Å². The Morgan fingerprint density at radius 3 is 2.57 bits per heavy atom. The van der Waals surface area contributed by atoms with Gasteiger partial charge < -0.3 is 4.90 Å². The highest BCUT2D eigenvalue weighted by Gasteiger charge is 2.26. The van der Waals surface area contributed by atoms with E-state index in [0.29, 0.717) is 54.2 Å². The predicted molar refractivity (Wildman–Crippen MR) is 114 cm³/mol. The van der Waals surface area contributed by atoms with Crippen molar-refractivity contribution in [2.24, 2.45) is 0 Å². The lowest BCUT2D eigenvalue weighted by atomic mass is 10.2. The van der Waals surface area contributed by atoms with E-state index in [1.807, 2.05) is 19.1 Å². The van der Waals surface area contributed by atoms with Crippen LogP contribution in [0.15, 0.2) is 42.5 Å². The van der Waals surface area contributed by atoms with Crippen LogP contribution < -0.4 is 0 Å². The van der Waals surface area contributed by atoms with Gasteiger partial charge in [0, 0.05) is 42.8 Å². The molecule has 2 heterocycles. The summed E-state index contributed by atoms with van der Waals surface area (Å²) >= 11 is 12.2. The smallest absolute Gasteiger partial charge is 0.276 e. The summed E-state index contributed by atoms with van der Waals surface area (Å²) in [6.45, 7) is 4.97. The van der Waals surface area contributed by atoms with Gasteiger partial charge in [-0.15, -0.1) is 5.10 Å². The molecule has 6 nitrogen and oxygen atoms in total. The number of nitrogens with zero attached hydrogens (tertiary/aromatic N) is 5. The highest BCUT2D eigenvalue weighted by molar-refractivity contribution is 6.31. The predicted octanol–water partition coefficient (Wildman–Crippen LogP) is 3.98. The van der Waals surface area contributed by atoms with Crippen LogP contribution in [0.3, 0.4) is 0 Å². The Kier molecular flexibility index (Phi) is 6.04. The number of halogens is 3. The van der Waals surface area contributed by atoms with Gasteiger partial charge in [0.2, 0.25) is 0 Å². The molecule has 1 fully saturated rings. The largest absolute Gasteiger partial charge is 0.335 e. The van der Waals surface area contributed by atoms with Crippen molar-refractivity contribution in [2.75, 3.05) is 26.2 Å². The topological polar surface area (TPSA) is 54.3 Å². The van der Waals surface area contributed by atoms with Gasteiger partial charge in [-0.3, -0.25) is 9.69 Å². The standard InChI is InChI=1S/C21H20Cl2FN5O/c1-14-20(25-26-29(14)18-4-2-3-16(22)11-18)21(30)28-9-7-27(8-10-28)13-15-5-6-17(24)12-19(15)23/h2-6,11-12H,7-10,13H2,1H3. The lowest BCUT2D eigenvalue weighted by molar-refractivity contribution is 0.0622. The molecule has 1 amide bonds.